The molecule has 0 spiro atoms. The smallest absolute Gasteiger partial charge is 0.208 e. The second-order valence-corrected chi connectivity index (χ2v) is 10.3. The van der Waals surface area contributed by atoms with Gasteiger partial charge in [-0.2, -0.15) is 0 Å². The molecule has 1 heterocycles. The van der Waals surface area contributed by atoms with Gasteiger partial charge in [0.2, 0.25) is 17.2 Å². The zero-order chi connectivity index (χ0) is 27.0. The topological polar surface area (TPSA) is 114 Å². The fourth-order valence-corrected chi connectivity index (χ4v) is 5.98. The lowest BCUT2D eigenvalue weighted by Crippen LogP contribution is -1.92. The zero-order valence-electron chi connectivity index (χ0n) is 20.1. The van der Waals surface area contributed by atoms with Gasteiger partial charge in [-0.1, -0.05) is 76.6 Å². The van der Waals surface area contributed by atoms with Crippen LogP contribution in [0.15, 0.2) is 93.8 Å². The van der Waals surface area contributed by atoms with E-state index in [1.165, 1.54) is 0 Å². The minimum absolute atomic E-state index is 0.183. The van der Waals surface area contributed by atoms with Gasteiger partial charge in [-0.15, -0.1) is 0 Å². The number of hydrogen-bond donors (Lipinski definition) is 5. The number of rotatable bonds is 2. The van der Waals surface area contributed by atoms with Crippen LogP contribution < -0.4 is 0 Å². The van der Waals surface area contributed by atoms with Crippen LogP contribution in [0.5, 0.6) is 28.7 Å². The Kier molecular flexibility index (Phi) is 4.96. The molecule has 190 valence electrons. The van der Waals surface area contributed by atoms with Gasteiger partial charge < -0.3 is 29.9 Å². The number of halogens is 1. The van der Waals surface area contributed by atoms with E-state index in [1.807, 2.05) is 84.9 Å². The highest BCUT2D eigenvalue weighted by atomic mass is 79.9. The molecule has 0 aliphatic heterocycles. The van der Waals surface area contributed by atoms with E-state index in [-0.39, 0.29) is 5.56 Å². The summed E-state index contributed by atoms with van der Waals surface area (Å²) in [5.41, 5.74) is 3.57. The Labute approximate surface area is 229 Å². The largest absolute Gasteiger partial charge is 0.504 e. The van der Waals surface area contributed by atoms with Crippen LogP contribution in [0.4, 0.5) is 0 Å². The molecule has 7 aromatic rings. The van der Waals surface area contributed by atoms with Crippen molar-refractivity contribution in [2.24, 2.45) is 0 Å². The third kappa shape index (κ3) is 3.20. The summed E-state index contributed by atoms with van der Waals surface area (Å²) in [5.74, 6) is -4.31. The minimum Gasteiger partial charge on any atom is -0.504 e. The van der Waals surface area contributed by atoms with Crippen molar-refractivity contribution < 1.29 is 29.9 Å². The number of phenols is 5. The zero-order valence-corrected chi connectivity index (χ0v) is 21.7. The molecule has 0 radical (unpaired) electrons. The highest BCUT2D eigenvalue weighted by Gasteiger charge is 2.28. The van der Waals surface area contributed by atoms with Gasteiger partial charge in [0.1, 0.15) is 11.2 Å². The van der Waals surface area contributed by atoms with Crippen molar-refractivity contribution in [3.63, 3.8) is 0 Å². The van der Waals surface area contributed by atoms with Gasteiger partial charge in [-0.3, -0.25) is 0 Å². The molecule has 1 aromatic heterocycles. The van der Waals surface area contributed by atoms with Crippen molar-refractivity contribution in [2.45, 2.75) is 0 Å². The maximum absolute atomic E-state index is 10.9. The number of hydrogen-bond acceptors (Lipinski definition) is 6. The first-order chi connectivity index (χ1) is 18.9. The third-order valence-corrected chi connectivity index (χ3v) is 7.77. The lowest BCUT2D eigenvalue weighted by molar-refractivity contribution is 0.330. The maximum Gasteiger partial charge on any atom is 0.208 e. The van der Waals surface area contributed by atoms with E-state index < -0.39 is 28.7 Å². The average Bonchev–Trinajstić information content (AvgIpc) is 3.33. The number of furan rings is 1. The van der Waals surface area contributed by atoms with E-state index in [1.54, 1.807) is 0 Å². The third-order valence-electron chi connectivity index (χ3n) is 7.28. The van der Waals surface area contributed by atoms with Gasteiger partial charge in [-0.25, -0.2) is 0 Å². The highest BCUT2D eigenvalue weighted by Crippen LogP contribution is 2.58. The maximum atomic E-state index is 10.9. The summed E-state index contributed by atoms with van der Waals surface area (Å²) < 4.78 is 7.12. The molecule has 0 unspecified atom stereocenters. The van der Waals surface area contributed by atoms with Crippen LogP contribution in [-0.2, 0) is 0 Å². The van der Waals surface area contributed by atoms with Crippen LogP contribution in [0.1, 0.15) is 0 Å². The molecule has 0 saturated carbocycles. The van der Waals surface area contributed by atoms with Crippen molar-refractivity contribution >= 4 is 59.4 Å². The Morgan fingerprint density at radius 1 is 0.462 bits per heavy atom. The summed E-state index contributed by atoms with van der Waals surface area (Å²) in [6.45, 7) is 0. The van der Waals surface area contributed by atoms with E-state index in [2.05, 4.69) is 15.9 Å². The molecule has 7 rings (SSSR count). The quantitative estimate of drug-likeness (QED) is 0.0797. The summed E-state index contributed by atoms with van der Waals surface area (Å²) >= 11 is 3.58. The van der Waals surface area contributed by atoms with E-state index in [0.717, 1.165) is 48.3 Å². The molecule has 0 aliphatic rings. The van der Waals surface area contributed by atoms with Gasteiger partial charge in [0, 0.05) is 20.8 Å². The molecule has 39 heavy (non-hydrogen) atoms. The average molecular weight is 579 g/mol. The molecule has 5 N–H and O–H groups in total. The summed E-state index contributed by atoms with van der Waals surface area (Å²) in [6, 6.07) is 26.9. The van der Waals surface area contributed by atoms with Gasteiger partial charge >= 0.3 is 0 Å². The van der Waals surface area contributed by atoms with Crippen molar-refractivity contribution in [3.8, 4) is 51.0 Å². The van der Waals surface area contributed by atoms with Crippen LogP contribution in [0.2, 0.25) is 0 Å². The van der Waals surface area contributed by atoms with Crippen LogP contribution in [-0.4, -0.2) is 25.5 Å². The van der Waals surface area contributed by atoms with Crippen molar-refractivity contribution in [3.05, 3.63) is 89.4 Å². The minimum atomic E-state index is -0.997. The molecular weight excluding hydrogens is 560 g/mol. The van der Waals surface area contributed by atoms with Crippen molar-refractivity contribution in [2.75, 3.05) is 0 Å². The number of aromatic hydroxyl groups is 5. The standard InChI is InChI=1S/C32H19BrO6/c33-15-12-13-22-21(14-15)25-20(10-5-11-23(25)39-22)24-16-6-1-3-8-18(16)26(19-9-4-2-7-17(19)24)27-28(34)30(36)32(38)31(37)29(27)35/h1-14,34-38H. The van der Waals surface area contributed by atoms with Gasteiger partial charge in [0.05, 0.1) is 5.56 Å². The van der Waals surface area contributed by atoms with Gasteiger partial charge in [-0.05, 0) is 56.9 Å². The number of phenolic OH excluding ortho intramolecular Hbond substituents is 5. The van der Waals surface area contributed by atoms with E-state index in [4.69, 9.17) is 4.42 Å². The second kappa shape index (κ2) is 8.31. The monoisotopic (exact) mass is 578 g/mol. The molecule has 0 saturated heterocycles. The van der Waals surface area contributed by atoms with Crippen molar-refractivity contribution in [1.82, 2.24) is 0 Å². The van der Waals surface area contributed by atoms with Gasteiger partial charge in [0.25, 0.3) is 0 Å². The molecule has 6 nitrogen and oxygen atoms in total. The molecule has 0 aliphatic carbocycles. The first-order valence-corrected chi connectivity index (χ1v) is 12.9. The first kappa shape index (κ1) is 23.3. The lowest BCUT2D eigenvalue weighted by atomic mass is 9.84. The van der Waals surface area contributed by atoms with E-state index >= 15 is 0 Å². The summed E-state index contributed by atoms with van der Waals surface area (Å²) in [4.78, 5) is 0. The van der Waals surface area contributed by atoms with Crippen molar-refractivity contribution in [1.29, 1.82) is 0 Å². The SMILES string of the molecule is Oc1c(O)c(O)c(-c2c3ccccc3c(-c3cccc4oc5ccc(Br)cc5c34)c3ccccc23)c(O)c1O. The molecule has 6 aromatic carbocycles. The summed E-state index contributed by atoms with van der Waals surface area (Å²) in [6.07, 6.45) is 0. The van der Waals surface area contributed by atoms with E-state index in [9.17, 15) is 25.5 Å². The molecule has 0 bridgehead atoms. The lowest BCUT2D eigenvalue weighted by Gasteiger charge is -2.20. The summed E-state index contributed by atoms with van der Waals surface area (Å²) in [7, 11) is 0. The van der Waals surface area contributed by atoms with Crippen LogP contribution >= 0.6 is 15.9 Å². The Balaban J connectivity index is 1.71. The molecule has 0 fully saturated rings. The predicted octanol–water partition coefficient (Wildman–Crippen LogP) is 8.52. The summed E-state index contributed by atoms with van der Waals surface area (Å²) in [5, 5.41) is 57.4. The van der Waals surface area contributed by atoms with Crippen LogP contribution in [0.25, 0.3) is 65.7 Å². The second-order valence-electron chi connectivity index (χ2n) is 9.38. The number of fused-ring (bicyclic) bond motifs is 5. The van der Waals surface area contributed by atoms with E-state index in [0.29, 0.717) is 16.3 Å². The molecule has 7 heteroatoms. The molecule has 0 amide bonds. The Hall–Kier alpha value is -4.88. The van der Waals surface area contributed by atoms with Crippen LogP contribution in [0, 0.1) is 0 Å². The Morgan fingerprint density at radius 2 is 1.00 bits per heavy atom. The molecular formula is C32H19BrO6. The molecule has 0 atom stereocenters. The van der Waals surface area contributed by atoms with Gasteiger partial charge in [0.15, 0.2) is 11.5 Å². The Morgan fingerprint density at radius 3 is 1.59 bits per heavy atom. The number of benzene rings is 6. The normalized spacial score (nSPS) is 11.7. The van der Waals surface area contributed by atoms with Crippen LogP contribution in [0.3, 0.4) is 0 Å². The highest BCUT2D eigenvalue weighted by molar-refractivity contribution is 9.10. The Bertz CT molecular complexity index is 2060. The first-order valence-electron chi connectivity index (χ1n) is 12.1. The fourth-order valence-electron chi connectivity index (χ4n) is 5.62. The predicted molar refractivity (Wildman–Crippen MR) is 156 cm³/mol. The fraction of sp³-hybridized carbons (Fsp3) is 0.